The highest BCUT2D eigenvalue weighted by Crippen LogP contribution is 2.35. The molecule has 3 heteroatoms. The highest BCUT2D eigenvalue weighted by atomic mass is 14.9. The van der Waals surface area contributed by atoms with Crippen molar-refractivity contribution in [3.8, 4) is 0 Å². The maximum Gasteiger partial charge on any atom is 0.104 e. The van der Waals surface area contributed by atoms with Crippen LogP contribution < -0.4 is 5.32 Å². The van der Waals surface area contributed by atoms with Crippen molar-refractivity contribution in [2.24, 2.45) is 17.8 Å². The van der Waals surface area contributed by atoms with E-state index in [1.807, 2.05) is 6.92 Å². The van der Waals surface area contributed by atoms with E-state index in [0.717, 1.165) is 34.6 Å². The van der Waals surface area contributed by atoms with Gasteiger partial charge in [0.25, 0.3) is 0 Å². The molecule has 1 aromatic heterocycles. The summed E-state index contributed by atoms with van der Waals surface area (Å²) in [6.07, 6.45) is 4.00. The summed E-state index contributed by atoms with van der Waals surface area (Å²) in [4.78, 5) is 7.80. The Labute approximate surface area is 127 Å². The number of hydrogen-bond acceptors (Lipinski definition) is 2. The van der Waals surface area contributed by atoms with Gasteiger partial charge in [-0.1, -0.05) is 27.2 Å². The summed E-state index contributed by atoms with van der Waals surface area (Å²) < 4.78 is 0. The second kappa shape index (κ2) is 5.70. The van der Waals surface area contributed by atoms with Crippen LogP contribution in [0, 0.1) is 24.7 Å². The minimum absolute atomic E-state index is 0.593. The Morgan fingerprint density at radius 1 is 1.29 bits per heavy atom. The molecular formula is C18H27N3. The molecular weight excluding hydrogens is 258 g/mol. The van der Waals surface area contributed by atoms with Crippen LogP contribution in [-0.2, 0) is 0 Å². The topological polar surface area (TPSA) is 40.7 Å². The van der Waals surface area contributed by atoms with E-state index in [9.17, 15) is 0 Å². The molecule has 0 radical (unpaired) electrons. The quantitative estimate of drug-likeness (QED) is 0.855. The van der Waals surface area contributed by atoms with Crippen molar-refractivity contribution >= 4 is 16.7 Å². The number of fused-ring (bicyclic) bond motifs is 1. The van der Waals surface area contributed by atoms with Crippen molar-refractivity contribution in [1.29, 1.82) is 0 Å². The van der Waals surface area contributed by atoms with Gasteiger partial charge in [-0.05, 0) is 55.7 Å². The monoisotopic (exact) mass is 285 g/mol. The van der Waals surface area contributed by atoms with Gasteiger partial charge in [0.2, 0.25) is 0 Å². The van der Waals surface area contributed by atoms with Crippen molar-refractivity contribution in [3.05, 3.63) is 24.0 Å². The van der Waals surface area contributed by atoms with Gasteiger partial charge in [-0.3, -0.25) is 0 Å². The van der Waals surface area contributed by atoms with Crippen LogP contribution >= 0.6 is 0 Å². The molecule has 0 bridgehead atoms. The summed E-state index contributed by atoms with van der Waals surface area (Å²) >= 11 is 0. The number of rotatable bonds is 3. The molecule has 114 valence electrons. The summed E-state index contributed by atoms with van der Waals surface area (Å²) in [6, 6.07) is 7.07. The van der Waals surface area contributed by atoms with Gasteiger partial charge in [-0.2, -0.15) is 0 Å². The smallest absolute Gasteiger partial charge is 0.104 e. The molecule has 3 rings (SSSR count). The summed E-state index contributed by atoms with van der Waals surface area (Å²) in [7, 11) is 0. The number of nitrogens with zero attached hydrogens (tertiary/aromatic N) is 1. The van der Waals surface area contributed by atoms with Gasteiger partial charge in [0.1, 0.15) is 5.82 Å². The van der Waals surface area contributed by atoms with Crippen molar-refractivity contribution < 1.29 is 0 Å². The van der Waals surface area contributed by atoms with E-state index in [4.69, 9.17) is 0 Å². The van der Waals surface area contributed by atoms with Crippen LogP contribution in [0.4, 0.5) is 5.69 Å². The molecule has 1 saturated carbocycles. The van der Waals surface area contributed by atoms with Crippen LogP contribution in [0.1, 0.15) is 45.9 Å². The molecule has 0 saturated heterocycles. The fourth-order valence-electron chi connectivity index (χ4n) is 3.81. The predicted molar refractivity (Wildman–Crippen MR) is 89.6 cm³/mol. The first kappa shape index (κ1) is 14.4. The van der Waals surface area contributed by atoms with Crippen molar-refractivity contribution in [2.45, 2.75) is 53.0 Å². The molecule has 1 aliphatic carbocycles. The summed E-state index contributed by atoms with van der Waals surface area (Å²) in [5, 5.41) is 3.80. The number of hydrogen-bond donors (Lipinski definition) is 2. The maximum absolute atomic E-state index is 4.47. The molecule has 2 N–H and O–H groups in total. The van der Waals surface area contributed by atoms with E-state index in [1.165, 1.54) is 24.9 Å². The zero-order chi connectivity index (χ0) is 15.0. The second-order valence-electron chi connectivity index (χ2n) is 7.13. The summed E-state index contributed by atoms with van der Waals surface area (Å²) in [6.45, 7) is 9.10. The van der Waals surface area contributed by atoms with Crippen LogP contribution in [0.5, 0.6) is 0 Å². The van der Waals surface area contributed by atoms with Crippen molar-refractivity contribution in [2.75, 3.05) is 5.32 Å². The molecule has 1 aromatic carbocycles. The largest absolute Gasteiger partial charge is 0.382 e. The zero-order valence-corrected chi connectivity index (χ0v) is 13.6. The van der Waals surface area contributed by atoms with E-state index in [-0.39, 0.29) is 0 Å². The van der Waals surface area contributed by atoms with Gasteiger partial charge in [-0.15, -0.1) is 0 Å². The zero-order valence-electron chi connectivity index (χ0n) is 13.6. The predicted octanol–water partition coefficient (Wildman–Crippen LogP) is 4.74. The standard InChI is InChI=1S/C18H27N3/c1-11(2)15-7-5-12(3)9-17(15)21-14-6-8-16-18(10-14)20-13(4)19-16/h6,8,10-12,15,17,21H,5,7,9H2,1-4H3,(H,19,20). The normalized spacial score (nSPS) is 26.4. The van der Waals surface area contributed by atoms with Crippen LogP contribution in [0.15, 0.2) is 18.2 Å². The highest BCUT2D eigenvalue weighted by molar-refractivity contribution is 5.79. The average Bonchev–Trinajstić information content (AvgIpc) is 2.77. The van der Waals surface area contributed by atoms with Gasteiger partial charge >= 0.3 is 0 Å². The number of H-pyrrole nitrogens is 1. The molecule has 1 heterocycles. The lowest BCUT2D eigenvalue weighted by Crippen LogP contribution is -2.37. The van der Waals surface area contributed by atoms with Crippen LogP contribution in [0.25, 0.3) is 11.0 Å². The van der Waals surface area contributed by atoms with Crippen molar-refractivity contribution in [1.82, 2.24) is 9.97 Å². The number of benzene rings is 1. The molecule has 3 unspecified atom stereocenters. The molecule has 0 amide bonds. The molecule has 3 nitrogen and oxygen atoms in total. The fraction of sp³-hybridized carbons (Fsp3) is 0.611. The van der Waals surface area contributed by atoms with Gasteiger partial charge < -0.3 is 10.3 Å². The van der Waals surface area contributed by atoms with Crippen LogP contribution in [0.3, 0.4) is 0 Å². The average molecular weight is 285 g/mol. The first-order valence-corrected chi connectivity index (χ1v) is 8.26. The number of aromatic nitrogens is 2. The Balaban J connectivity index is 1.81. The Morgan fingerprint density at radius 2 is 2.10 bits per heavy atom. The van der Waals surface area contributed by atoms with Gasteiger partial charge in [0.05, 0.1) is 11.0 Å². The third-order valence-corrected chi connectivity index (χ3v) is 4.97. The Kier molecular flexibility index (Phi) is 3.92. The third-order valence-electron chi connectivity index (χ3n) is 4.97. The Bertz CT molecular complexity index is 614. The minimum atomic E-state index is 0.593. The lowest BCUT2D eigenvalue weighted by molar-refractivity contribution is 0.212. The number of nitrogens with one attached hydrogen (secondary N) is 2. The first-order valence-electron chi connectivity index (χ1n) is 8.26. The summed E-state index contributed by atoms with van der Waals surface area (Å²) in [5.74, 6) is 3.33. The molecule has 1 aliphatic rings. The van der Waals surface area contributed by atoms with E-state index < -0.39 is 0 Å². The molecule has 0 aliphatic heterocycles. The van der Waals surface area contributed by atoms with Crippen molar-refractivity contribution in [3.63, 3.8) is 0 Å². The van der Waals surface area contributed by atoms with Crippen LogP contribution in [-0.4, -0.2) is 16.0 Å². The fourth-order valence-corrected chi connectivity index (χ4v) is 3.81. The second-order valence-corrected chi connectivity index (χ2v) is 7.13. The van der Waals surface area contributed by atoms with Gasteiger partial charge in [-0.25, -0.2) is 4.98 Å². The van der Waals surface area contributed by atoms with Gasteiger partial charge in [0, 0.05) is 11.7 Å². The number of imidazole rings is 1. The SMILES string of the molecule is Cc1nc2ccc(NC3CC(C)CCC3C(C)C)cc2[nH]1. The number of aryl methyl sites for hydroxylation is 1. The lowest BCUT2D eigenvalue weighted by Gasteiger charge is -2.38. The van der Waals surface area contributed by atoms with Gasteiger partial charge in [0.15, 0.2) is 0 Å². The first-order chi connectivity index (χ1) is 10.0. The molecule has 21 heavy (non-hydrogen) atoms. The third kappa shape index (κ3) is 3.07. The Hall–Kier alpha value is -1.51. The molecule has 2 aromatic rings. The Morgan fingerprint density at radius 3 is 2.86 bits per heavy atom. The maximum atomic E-state index is 4.47. The highest BCUT2D eigenvalue weighted by Gasteiger charge is 2.30. The van der Waals surface area contributed by atoms with E-state index >= 15 is 0 Å². The van der Waals surface area contributed by atoms with E-state index in [2.05, 4.69) is 54.3 Å². The van der Waals surface area contributed by atoms with E-state index in [1.54, 1.807) is 0 Å². The number of anilines is 1. The molecule has 0 spiro atoms. The summed E-state index contributed by atoms with van der Waals surface area (Å²) in [5.41, 5.74) is 3.40. The number of aromatic amines is 1. The van der Waals surface area contributed by atoms with E-state index in [0.29, 0.717) is 6.04 Å². The lowest BCUT2D eigenvalue weighted by atomic mass is 9.74. The van der Waals surface area contributed by atoms with Crippen LogP contribution in [0.2, 0.25) is 0 Å². The minimum Gasteiger partial charge on any atom is -0.382 e. The molecule has 3 atom stereocenters. The molecule has 1 fully saturated rings.